The highest BCUT2D eigenvalue weighted by Crippen LogP contribution is 2.32. The van der Waals surface area contributed by atoms with E-state index < -0.39 is 18.2 Å². The Hall–Kier alpha value is -2.79. The second-order valence-electron chi connectivity index (χ2n) is 5.60. The third-order valence-electron chi connectivity index (χ3n) is 3.85. The first kappa shape index (κ1) is 17.0. The average Bonchev–Trinajstić information content (AvgIpc) is 2.89. The van der Waals surface area contributed by atoms with Crippen LogP contribution in [0.3, 0.4) is 0 Å². The van der Waals surface area contributed by atoms with Gasteiger partial charge in [-0.15, -0.1) is 0 Å². The Bertz CT molecular complexity index is 830. The molecule has 0 radical (unpaired) electrons. The molecule has 0 aromatic heterocycles. The molecule has 0 saturated heterocycles. The number of aryl methyl sites for hydroxylation is 1. The van der Waals surface area contributed by atoms with Gasteiger partial charge >= 0.3 is 11.9 Å². The van der Waals surface area contributed by atoms with E-state index in [2.05, 4.69) is 0 Å². The molecule has 1 heterocycles. The van der Waals surface area contributed by atoms with Gasteiger partial charge in [-0.05, 0) is 31.2 Å². The molecule has 0 saturated carbocycles. The molecule has 5 nitrogen and oxygen atoms in total. The fourth-order valence-corrected chi connectivity index (χ4v) is 2.70. The lowest BCUT2D eigenvalue weighted by Gasteiger charge is -2.24. The monoisotopic (exact) mass is 357 g/mol. The molecule has 0 bridgehead atoms. The molecule has 1 aliphatic rings. The van der Waals surface area contributed by atoms with Gasteiger partial charge in [0.1, 0.15) is 5.70 Å². The van der Waals surface area contributed by atoms with Gasteiger partial charge in [0.15, 0.2) is 5.03 Å². The fraction of sp³-hybridized carbons (Fsp3) is 0.158. The molecule has 0 aliphatic carbocycles. The SMILES string of the molecule is Cc1ccc(C(=O)O[C@@H]2OC(=O)C(Cl)=C2N(C)c2ccccc2)cc1. The number of likely N-dealkylation sites (N-methyl/N-ethyl adjacent to an activating group) is 1. The van der Waals surface area contributed by atoms with Gasteiger partial charge < -0.3 is 14.4 Å². The second kappa shape index (κ2) is 6.99. The van der Waals surface area contributed by atoms with Gasteiger partial charge in [0.05, 0.1) is 5.56 Å². The zero-order valence-electron chi connectivity index (χ0n) is 13.7. The van der Waals surface area contributed by atoms with Crippen LogP contribution in [0.5, 0.6) is 0 Å². The number of esters is 2. The Morgan fingerprint density at radius 3 is 2.40 bits per heavy atom. The van der Waals surface area contributed by atoms with Crippen LogP contribution in [0.15, 0.2) is 65.3 Å². The van der Waals surface area contributed by atoms with Crippen LogP contribution in [0, 0.1) is 6.92 Å². The van der Waals surface area contributed by atoms with Crippen molar-refractivity contribution in [3.05, 3.63) is 76.5 Å². The molecule has 1 atom stereocenters. The van der Waals surface area contributed by atoms with Crippen LogP contribution in [-0.4, -0.2) is 25.3 Å². The van der Waals surface area contributed by atoms with E-state index in [0.717, 1.165) is 11.3 Å². The largest absolute Gasteiger partial charge is 0.415 e. The van der Waals surface area contributed by atoms with Crippen molar-refractivity contribution in [2.45, 2.75) is 13.2 Å². The highest BCUT2D eigenvalue weighted by molar-refractivity contribution is 6.42. The third-order valence-corrected chi connectivity index (χ3v) is 4.20. The number of carbonyl (C=O) groups is 2. The van der Waals surface area contributed by atoms with Crippen LogP contribution in [0.4, 0.5) is 5.69 Å². The topological polar surface area (TPSA) is 55.8 Å². The zero-order valence-corrected chi connectivity index (χ0v) is 14.5. The maximum absolute atomic E-state index is 12.3. The Labute approximate surface area is 150 Å². The van der Waals surface area contributed by atoms with Crippen molar-refractivity contribution in [2.75, 3.05) is 11.9 Å². The predicted octanol–water partition coefficient (Wildman–Crippen LogP) is 3.62. The van der Waals surface area contributed by atoms with Crippen LogP contribution < -0.4 is 4.90 Å². The minimum absolute atomic E-state index is 0.104. The van der Waals surface area contributed by atoms with Crippen LogP contribution in [0.25, 0.3) is 0 Å². The van der Waals surface area contributed by atoms with E-state index in [0.29, 0.717) is 11.3 Å². The number of carbonyl (C=O) groups excluding carboxylic acids is 2. The van der Waals surface area contributed by atoms with Crippen molar-refractivity contribution in [3.63, 3.8) is 0 Å². The molecule has 0 N–H and O–H groups in total. The summed E-state index contributed by atoms with van der Waals surface area (Å²) in [6.07, 6.45) is -1.20. The predicted molar refractivity (Wildman–Crippen MR) is 94.2 cm³/mol. The molecule has 6 heteroatoms. The molecular weight excluding hydrogens is 342 g/mol. The van der Waals surface area contributed by atoms with Crippen LogP contribution in [0.2, 0.25) is 0 Å². The number of cyclic esters (lactones) is 1. The lowest BCUT2D eigenvalue weighted by atomic mass is 10.1. The van der Waals surface area contributed by atoms with E-state index in [4.69, 9.17) is 21.1 Å². The number of hydrogen-bond acceptors (Lipinski definition) is 5. The molecule has 0 spiro atoms. The van der Waals surface area contributed by atoms with Gasteiger partial charge in [-0.2, -0.15) is 0 Å². The van der Waals surface area contributed by atoms with E-state index in [1.807, 2.05) is 37.3 Å². The Morgan fingerprint density at radius 1 is 1.12 bits per heavy atom. The molecule has 3 rings (SSSR count). The number of hydrogen-bond donors (Lipinski definition) is 0. The summed E-state index contributed by atoms with van der Waals surface area (Å²) in [4.78, 5) is 25.9. The molecule has 0 unspecified atom stereocenters. The number of nitrogens with zero attached hydrogens (tertiary/aromatic N) is 1. The van der Waals surface area contributed by atoms with Crippen molar-refractivity contribution in [2.24, 2.45) is 0 Å². The van der Waals surface area contributed by atoms with Crippen molar-refractivity contribution in [1.29, 1.82) is 0 Å². The van der Waals surface area contributed by atoms with E-state index in [1.165, 1.54) is 0 Å². The lowest BCUT2D eigenvalue weighted by Crippen LogP contribution is -2.29. The first-order valence-corrected chi connectivity index (χ1v) is 8.02. The zero-order chi connectivity index (χ0) is 18.0. The molecule has 0 amide bonds. The molecule has 1 aliphatic heterocycles. The number of para-hydroxylation sites is 1. The summed E-state index contributed by atoms with van der Waals surface area (Å²) in [5, 5.41) is -0.104. The molecule has 128 valence electrons. The highest BCUT2D eigenvalue weighted by Gasteiger charge is 2.39. The van der Waals surface area contributed by atoms with E-state index in [1.54, 1.807) is 36.2 Å². The third kappa shape index (κ3) is 3.51. The minimum Gasteiger partial charge on any atom is -0.415 e. The van der Waals surface area contributed by atoms with Crippen molar-refractivity contribution in [1.82, 2.24) is 0 Å². The van der Waals surface area contributed by atoms with E-state index >= 15 is 0 Å². The van der Waals surface area contributed by atoms with Crippen molar-refractivity contribution < 1.29 is 19.1 Å². The van der Waals surface area contributed by atoms with Gasteiger partial charge in [0, 0.05) is 12.7 Å². The van der Waals surface area contributed by atoms with Crippen LogP contribution in [0.1, 0.15) is 15.9 Å². The number of halogens is 1. The van der Waals surface area contributed by atoms with Gasteiger partial charge in [-0.3, -0.25) is 0 Å². The average molecular weight is 358 g/mol. The number of ether oxygens (including phenoxy) is 2. The highest BCUT2D eigenvalue weighted by atomic mass is 35.5. The normalized spacial score (nSPS) is 16.6. The minimum atomic E-state index is -1.20. The maximum Gasteiger partial charge on any atom is 0.355 e. The molecule has 2 aromatic rings. The Kier molecular flexibility index (Phi) is 4.76. The molecule has 2 aromatic carbocycles. The summed E-state index contributed by atoms with van der Waals surface area (Å²) in [5.41, 5.74) is 2.46. The number of rotatable bonds is 4. The van der Waals surface area contributed by atoms with Crippen LogP contribution >= 0.6 is 11.6 Å². The number of benzene rings is 2. The number of anilines is 1. The Balaban J connectivity index is 1.84. The first-order valence-electron chi connectivity index (χ1n) is 7.64. The van der Waals surface area contributed by atoms with Gasteiger partial charge in [0.2, 0.25) is 0 Å². The van der Waals surface area contributed by atoms with Gasteiger partial charge in [-0.25, -0.2) is 9.59 Å². The summed E-state index contributed by atoms with van der Waals surface area (Å²) >= 11 is 6.09. The molecule has 25 heavy (non-hydrogen) atoms. The van der Waals surface area contributed by atoms with Gasteiger partial charge in [0.25, 0.3) is 6.29 Å². The summed E-state index contributed by atoms with van der Waals surface area (Å²) in [6, 6.07) is 16.2. The molecular formula is C19H16ClNO4. The van der Waals surface area contributed by atoms with Crippen molar-refractivity contribution in [3.8, 4) is 0 Å². The van der Waals surface area contributed by atoms with E-state index in [-0.39, 0.29) is 5.03 Å². The summed E-state index contributed by atoms with van der Waals surface area (Å²) in [7, 11) is 1.72. The lowest BCUT2D eigenvalue weighted by molar-refractivity contribution is -0.152. The summed E-state index contributed by atoms with van der Waals surface area (Å²) in [6.45, 7) is 1.92. The van der Waals surface area contributed by atoms with Crippen molar-refractivity contribution >= 4 is 29.2 Å². The Morgan fingerprint density at radius 2 is 1.76 bits per heavy atom. The smallest absolute Gasteiger partial charge is 0.355 e. The first-order chi connectivity index (χ1) is 12.0. The van der Waals surface area contributed by atoms with E-state index in [9.17, 15) is 9.59 Å². The quantitative estimate of drug-likeness (QED) is 0.782. The fourth-order valence-electron chi connectivity index (χ4n) is 2.44. The van der Waals surface area contributed by atoms with Crippen LogP contribution in [-0.2, 0) is 14.3 Å². The summed E-state index contributed by atoms with van der Waals surface area (Å²) in [5.74, 6) is -1.32. The standard InChI is InChI=1S/C19H16ClNO4/c1-12-8-10-13(11-9-12)17(22)24-19-16(15(20)18(23)25-19)21(2)14-6-4-3-5-7-14/h3-11,19H,1-2H3/t19-/m1/s1. The van der Waals surface area contributed by atoms with Gasteiger partial charge in [-0.1, -0.05) is 47.5 Å². The summed E-state index contributed by atoms with van der Waals surface area (Å²) < 4.78 is 10.5. The molecule has 0 fully saturated rings. The maximum atomic E-state index is 12.3. The second-order valence-corrected chi connectivity index (χ2v) is 5.98.